The van der Waals surface area contributed by atoms with Gasteiger partial charge in [-0.25, -0.2) is 0 Å². The number of amides is 1. The zero-order chi connectivity index (χ0) is 13.2. The predicted molar refractivity (Wildman–Crippen MR) is 73.2 cm³/mol. The Morgan fingerprint density at radius 3 is 2.61 bits per heavy atom. The van der Waals surface area contributed by atoms with Crippen molar-refractivity contribution < 1.29 is 4.79 Å². The number of primary amides is 1. The van der Waals surface area contributed by atoms with Gasteiger partial charge in [0.15, 0.2) is 0 Å². The number of hydrogen-bond donors (Lipinski definition) is 2. The van der Waals surface area contributed by atoms with Crippen molar-refractivity contribution in [3.63, 3.8) is 0 Å². The number of nitrogens with one attached hydrogen (secondary N) is 1. The highest BCUT2D eigenvalue weighted by atomic mass is 16.1. The number of carbonyl (C=O) groups excluding carboxylic acids is 1. The third kappa shape index (κ3) is 2.69. The molecule has 0 aromatic rings. The van der Waals surface area contributed by atoms with Crippen molar-refractivity contribution in [3.8, 4) is 0 Å². The summed E-state index contributed by atoms with van der Waals surface area (Å²) in [6.45, 7) is 7.56. The molecule has 104 valence electrons. The summed E-state index contributed by atoms with van der Waals surface area (Å²) >= 11 is 0. The molecule has 0 radical (unpaired) electrons. The summed E-state index contributed by atoms with van der Waals surface area (Å²) in [4.78, 5) is 14.3. The minimum atomic E-state index is -0.442. The maximum Gasteiger partial charge on any atom is 0.237 e. The number of rotatable bonds is 4. The maximum absolute atomic E-state index is 11.7. The normalized spacial score (nSPS) is 34.9. The lowest BCUT2D eigenvalue weighted by atomic mass is 9.94. The molecule has 1 saturated carbocycles. The van der Waals surface area contributed by atoms with E-state index in [1.165, 1.54) is 25.9 Å². The fourth-order valence-electron chi connectivity index (χ4n) is 3.53. The summed E-state index contributed by atoms with van der Waals surface area (Å²) in [5.74, 6) is 0.689. The first kappa shape index (κ1) is 13.8. The molecule has 1 heterocycles. The van der Waals surface area contributed by atoms with Crippen molar-refractivity contribution in [2.75, 3.05) is 19.6 Å². The van der Waals surface area contributed by atoms with Gasteiger partial charge < -0.3 is 16.0 Å². The highest BCUT2D eigenvalue weighted by Crippen LogP contribution is 2.34. The maximum atomic E-state index is 11.7. The number of carbonyl (C=O) groups is 1. The number of hydrogen-bond acceptors (Lipinski definition) is 3. The van der Waals surface area contributed by atoms with Crippen LogP contribution in [0.15, 0.2) is 0 Å². The third-order valence-electron chi connectivity index (χ3n) is 4.81. The van der Waals surface area contributed by atoms with Crippen LogP contribution in [0.25, 0.3) is 0 Å². The minimum absolute atomic E-state index is 0.169. The topological polar surface area (TPSA) is 58.4 Å². The van der Waals surface area contributed by atoms with Crippen LogP contribution >= 0.6 is 0 Å². The molecule has 0 bridgehead atoms. The number of piperidine rings is 1. The first-order valence-corrected chi connectivity index (χ1v) is 7.36. The number of likely N-dealkylation sites (tertiary alicyclic amines) is 1. The molecule has 1 aliphatic heterocycles. The van der Waals surface area contributed by atoms with E-state index in [0.717, 1.165) is 31.7 Å². The molecule has 0 aromatic heterocycles. The van der Waals surface area contributed by atoms with Crippen LogP contribution < -0.4 is 11.1 Å². The van der Waals surface area contributed by atoms with Gasteiger partial charge in [0.2, 0.25) is 5.91 Å². The van der Waals surface area contributed by atoms with Gasteiger partial charge in [0.1, 0.15) is 0 Å². The number of nitrogens with zero attached hydrogens (tertiary/aromatic N) is 1. The standard InChI is InChI=1S/C14H27N3O/c1-3-16-14(13(15)18)7-4-12(10-14)17-8-5-11(2)6-9-17/h11-12,16H,3-10H2,1-2H3,(H2,15,18). The van der Waals surface area contributed by atoms with Gasteiger partial charge in [-0.05, 0) is 57.7 Å². The number of nitrogens with two attached hydrogens (primary N) is 1. The highest BCUT2D eigenvalue weighted by Gasteiger charge is 2.45. The van der Waals surface area contributed by atoms with Gasteiger partial charge in [-0.1, -0.05) is 13.8 Å². The van der Waals surface area contributed by atoms with Crippen LogP contribution in [0.1, 0.15) is 46.0 Å². The Hall–Kier alpha value is -0.610. The first-order chi connectivity index (χ1) is 8.57. The van der Waals surface area contributed by atoms with E-state index in [0.29, 0.717) is 6.04 Å². The lowest BCUT2D eigenvalue weighted by molar-refractivity contribution is -0.124. The lowest BCUT2D eigenvalue weighted by Gasteiger charge is -2.36. The van der Waals surface area contributed by atoms with Crippen molar-refractivity contribution in [1.82, 2.24) is 10.2 Å². The van der Waals surface area contributed by atoms with Crippen LogP contribution in [0.4, 0.5) is 0 Å². The van der Waals surface area contributed by atoms with Crippen LogP contribution in [0.5, 0.6) is 0 Å². The summed E-state index contributed by atoms with van der Waals surface area (Å²) in [7, 11) is 0. The smallest absolute Gasteiger partial charge is 0.237 e. The fraction of sp³-hybridized carbons (Fsp3) is 0.929. The Morgan fingerprint density at radius 1 is 1.39 bits per heavy atom. The Balaban J connectivity index is 1.96. The fourth-order valence-corrected chi connectivity index (χ4v) is 3.53. The zero-order valence-electron chi connectivity index (χ0n) is 11.7. The predicted octanol–water partition coefficient (Wildman–Crippen LogP) is 1.10. The van der Waals surface area contributed by atoms with E-state index in [4.69, 9.17) is 5.73 Å². The Morgan fingerprint density at radius 2 is 2.06 bits per heavy atom. The van der Waals surface area contributed by atoms with Gasteiger partial charge in [-0.15, -0.1) is 0 Å². The summed E-state index contributed by atoms with van der Waals surface area (Å²) in [6.07, 6.45) is 5.48. The van der Waals surface area contributed by atoms with Gasteiger partial charge in [-0.3, -0.25) is 4.79 Å². The van der Waals surface area contributed by atoms with Gasteiger partial charge in [0.05, 0.1) is 5.54 Å². The average molecular weight is 253 g/mol. The molecule has 4 heteroatoms. The van der Waals surface area contributed by atoms with Gasteiger partial charge in [0, 0.05) is 6.04 Å². The second-order valence-corrected chi connectivity index (χ2v) is 6.09. The van der Waals surface area contributed by atoms with E-state index >= 15 is 0 Å². The molecule has 0 spiro atoms. The largest absolute Gasteiger partial charge is 0.368 e. The van der Waals surface area contributed by atoms with Crippen molar-refractivity contribution in [2.24, 2.45) is 11.7 Å². The van der Waals surface area contributed by atoms with Crippen molar-refractivity contribution in [3.05, 3.63) is 0 Å². The van der Waals surface area contributed by atoms with Gasteiger partial charge in [-0.2, -0.15) is 0 Å². The molecule has 18 heavy (non-hydrogen) atoms. The lowest BCUT2D eigenvalue weighted by Crippen LogP contribution is -2.54. The average Bonchev–Trinajstić information content (AvgIpc) is 2.76. The van der Waals surface area contributed by atoms with Crippen LogP contribution in [-0.2, 0) is 4.79 Å². The second kappa shape index (κ2) is 5.57. The Kier molecular flexibility index (Phi) is 4.28. The van der Waals surface area contributed by atoms with Crippen molar-refractivity contribution in [1.29, 1.82) is 0 Å². The summed E-state index contributed by atoms with van der Waals surface area (Å²) in [5, 5.41) is 3.33. The number of likely N-dealkylation sites (N-methyl/N-ethyl adjacent to an activating group) is 1. The quantitative estimate of drug-likeness (QED) is 0.789. The summed E-state index contributed by atoms with van der Waals surface area (Å²) in [5.41, 5.74) is 5.17. The van der Waals surface area contributed by atoms with Crippen LogP contribution in [0.3, 0.4) is 0 Å². The van der Waals surface area contributed by atoms with E-state index < -0.39 is 5.54 Å². The Bertz CT molecular complexity index is 299. The summed E-state index contributed by atoms with van der Waals surface area (Å²) in [6, 6.07) is 0.545. The van der Waals surface area contributed by atoms with E-state index in [1.807, 2.05) is 6.92 Å². The SMILES string of the molecule is CCNC1(C(N)=O)CCC(N2CCC(C)CC2)C1. The van der Waals surface area contributed by atoms with Crippen LogP contribution in [0, 0.1) is 5.92 Å². The Labute approximate surface area is 110 Å². The molecule has 2 unspecified atom stereocenters. The summed E-state index contributed by atoms with van der Waals surface area (Å²) < 4.78 is 0. The molecular formula is C14H27N3O. The highest BCUT2D eigenvalue weighted by molar-refractivity contribution is 5.85. The molecule has 1 amide bonds. The molecule has 2 rings (SSSR count). The molecule has 3 N–H and O–H groups in total. The first-order valence-electron chi connectivity index (χ1n) is 7.36. The monoisotopic (exact) mass is 253 g/mol. The third-order valence-corrected chi connectivity index (χ3v) is 4.81. The molecule has 4 nitrogen and oxygen atoms in total. The van der Waals surface area contributed by atoms with Crippen LogP contribution in [-0.4, -0.2) is 42.0 Å². The van der Waals surface area contributed by atoms with Gasteiger partial charge in [0.25, 0.3) is 0 Å². The minimum Gasteiger partial charge on any atom is -0.368 e. The van der Waals surface area contributed by atoms with E-state index in [1.54, 1.807) is 0 Å². The van der Waals surface area contributed by atoms with Crippen molar-refractivity contribution in [2.45, 2.75) is 57.5 Å². The van der Waals surface area contributed by atoms with E-state index in [-0.39, 0.29) is 5.91 Å². The second-order valence-electron chi connectivity index (χ2n) is 6.09. The molecule has 2 fully saturated rings. The molecule has 1 saturated heterocycles. The molecule has 2 aliphatic rings. The molecule has 0 aromatic carbocycles. The van der Waals surface area contributed by atoms with Gasteiger partial charge >= 0.3 is 0 Å². The zero-order valence-corrected chi connectivity index (χ0v) is 11.7. The van der Waals surface area contributed by atoms with Crippen LogP contribution in [0.2, 0.25) is 0 Å². The molecule has 2 atom stereocenters. The van der Waals surface area contributed by atoms with E-state index in [9.17, 15) is 4.79 Å². The molecular weight excluding hydrogens is 226 g/mol. The van der Waals surface area contributed by atoms with E-state index in [2.05, 4.69) is 17.1 Å². The van der Waals surface area contributed by atoms with Crippen molar-refractivity contribution >= 4 is 5.91 Å². The molecule has 1 aliphatic carbocycles.